The van der Waals surface area contributed by atoms with Gasteiger partial charge in [-0.15, -0.1) is 0 Å². The molecule has 4 nitrogen and oxygen atoms in total. The molecule has 0 atom stereocenters. The second-order valence-corrected chi connectivity index (χ2v) is 1.54. The number of aromatic nitrogens is 2. The molecule has 1 heterocycles. The van der Waals surface area contributed by atoms with Crippen LogP contribution in [0.1, 0.15) is 0 Å². The van der Waals surface area contributed by atoms with Gasteiger partial charge in [-0.1, -0.05) is 6.20 Å². The average Bonchev–Trinajstić information content (AvgIpc) is 1.91. The van der Waals surface area contributed by atoms with Gasteiger partial charge in [-0.05, 0) is 5.82 Å². The van der Waals surface area contributed by atoms with E-state index in [1.54, 1.807) is 14.1 Å². The van der Waals surface area contributed by atoms with Gasteiger partial charge in [-0.3, -0.25) is 4.98 Å². The van der Waals surface area contributed by atoms with Crippen molar-refractivity contribution in [2.75, 3.05) is 14.1 Å². The molecule has 1 rings (SSSR count). The molecule has 1 N–H and O–H groups in total. The largest absolute Gasteiger partial charge is 0.668 e. The van der Waals surface area contributed by atoms with E-state index in [1.165, 1.54) is 18.6 Å². The molecule has 1 radical (unpaired) electrons. The van der Waals surface area contributed by atoms with Crippen LogP contribution in [0.15, 0.2) is 18.6 Å². The maximum Gasteiger partial charge on any atom is 0.0253 e. The average molecular weight is 227 g/mol. The summed E-state index contributed by atoms with van der Waals surface area (Å²) in [4.78, 5) is 7.22. The molecule has 11 heavy (non-hydrogen) atoms. The normalized spacial score (nSPS) is 7.09. The molecular weight excluding hydrogens is 217 g/mol. The fourth-order valence-electron chi connectivity index (χ4n) is 0.299. The molecule has 0 aliphatic carbocycles. The van der Waals surface area contributed by atoms with Gasteiger partial charge in [0.1, 0.15) is 0 Å². The Morgan fingerprint density at radius 1 is 1.36 bits per heavy atom. The molecule has 0 saturated heterocycles. The molecule has 0 aromatic carbocycles. The Hall–Kier alpha value is -0.0561. The molecular formula is C6H10N4Y-2. The van der Waals surface area contributed by atoms with Crippen molar-refractivity contribution in [3.63, 3.8) is 0 Å². The van der Waals surface area contributed by atoms with Crippen LogP contribution >= 0.6 is 0 Å². The van der Waals surface area contributed by atoms with Crippen LogP contribution in [-0.4, -0.2) is 24.1 Å². The molecule has 59 valence electrons. The molecule has 0 saturated carbocycles. The van der Waals surface area contributed by atoms with Gasteiger partial charge in [0.15, 0.2) is 0 Å². The van der Waals surface area contributed by atoms with Crippen LogP contribution in [0.3, 0.4) is 0 Å². The summed E-state index contributed by atoms with van der Waals surface area (Å²) < 4.78 is 0. The Morgan fingerprint density at radius 3 is 2.09 bits per heavy atom. The summed E-state index contributed by atoms with van der Waals surface area (Å²) >= 11 is 0. The van der Waals surface area contributed by atoms with Crippen LogP contribution in [0, 0.1) is 0 Å². The first-order chi connectivity index (χ1) is 4.81. The quantitative estimate of drug-likeness (QED) is 0.677. The van der Waals surface area contributed by atoms with E-state index >= 15 is 0 Å². The van der Waals surface area contributed by atoms with Gasteiger partial charge in [0, 0.05) is 45.1 Å². The minimum atomic E-state index is 0. The van der Waals surface area contributed by atoms with Crippen molar-refractivity contribution in [1.29, 1.82) is 0 Å². The third kappa shape index (κ3) is 9.94. The van der Waals surface area contributed by atoms with E-state index in [9.17, 15) is 0 Å². The first-order valence-corrected chi connectivity index (χ1v) is 2.76. The monoisotopic (exact) mass is 227 g/mol. The van der Waals surface area contributed by atoms with Crippen molar-refractivity contribution in [2.24, 2.45) is 0 Å². The van der Waals surface area contributed by atoms with Crippen LogP contribution < -0.4 is 0 Å². The summed E-state index contributed by atoms with van der Waals surface area (Å²) in [6, 6.07) is 0. The third-order valence-electron chi connectivity index (χ3n) is 0.563. The topological polar surface area (TPSA) is 63.7 Å². The molecule has 0 aliphatic rings. The van der Waals surface area contributed by atoms with Crippen LogP contribution in [-0.2, 0) is 32.7 Å². The van der Waals surface area contributed by atoms with E-state index in [1.807, 2.05) is 0 Å². The summed E-state index contributed by atoms with van der Waals surface area (Å²) in [5, 5.41) is 3.50. The number of hydrogen-bond donors (Lipinski definition) is 0. The zero-order chi connectivity index (χ0) is 7.82. The van der Waals surface area contributed by atoms with Crippen molar-refractivity contribution >= 4 is 5.82 Å². The SMILES string of the molecule is C[N-]C.[NH-]c1cnccn1.[Y]. The van der Waals surface area contributed by atoms with E-state index in [0.717, 1.165) is 0 Å². The molecule has 0 amide bonds. The zero-order valence-corrected chi connectivity index (χ0v) is 9.49. The smallest absolute Gasteiger partial charge is 0.0253 e. The van der Waals surface area contributed by atoms with E-state index in [0.29, 0.717) is 0 Å². The summed E-state index contributed by atoms with van der Waals surface area (Å²) in [5.74, 6) is 0.211. The maximum atomic E-state index is 6.82. The van der Waals surface area contributed by atoms with E-state index in [-0.39, 0.29) is 38.5 Å². The van der Waals surface area contributed by atoms with Gasteiger partial charge in [0.05, 0.1) is 0 Å². The van der Waals surface area contributed by atoms with Crippen LogP contribution in [0.4, 0.5) is 5.82 Å². The molecule has 5 heteroatoms. The van der Waals surface area contributed by atoms with E-state index in [4.69, 9.17) is 5.73 Å². The van der Waals surface area contributed by atoms with Crippen molar-refractivity contribution in [2.45, 2.75) is 0 Å². The van der Waals surface area contributed by atoms with Crippen molar-refractivity contribution in [3.8, 4) is 0 Å². The predicted molar refractivity (Wildman–Crippen MR) is 41.2 cm³/mol. The number of rotatable bonds is 0. The second kappa shape index (κ2) is 9.94. The van der Waals surface area contributed by atoms with Gasteiger partial charge >= 0.3 is 0 Å². The molecule has 1 aromatic rings. The van der Waals surface area contributed by atoms with Crippen molar-refractivity contribution in [3.05, 3.63) is 29.6 Å². The molecule has 0 aliphatic heterocycles. The van der Waals surface area contributed by atoms with Crippen LogP contribution in [0.25, 0.3) is 11.1 Å². The summed E-state index contributed by atoms with van der Waals surface area (Å²) in [7, 11) is 3.50. The summed E-state index contributed by atoms with van der Waals surface area (Å²) in [6.45, 7) is 0. The molecule has 1 aromatic heterocycles. The number of nitrogens with one attached hydrogen (secondary N) is 1. The fourth-order valence-corrected chi connectivity index (χ4v) is 0.299. The van der Waals surface area contributed by atoms with E-state index < -0.39 is 0 Å². The van der Waals surface area contributed by atoms with E-state index in [2.05, 4.69) is 15.3 Å². The Bertz CT molecular complexity index is 156. The molecule has 0 bridgehead atoms. The maximum absolute atomic E-state index is 6.82. The van der Waals surface area contributed by atoms with Gasteiger partial charge in [-0.2, -0.15) is 14.1 Å². The molecule has 0 spiro atoms. The number of hydrogen-bond acceptors (Lipinski definition) is 2. The van der Waals surface area contributed by atoms with Gasteiger partial charge < -0.3 is 16.0 Å². The third-order valence-corrected chi connectivity index (χ3v) is 0.563. The first-order valence-electron chi connectivity index (χ1n) is 2.76. The zero-order valence-electron chi connectivity index (χ0n) is 6.65. The summed E-state index contributed by atoms with van der Waals surface area (Å²) in [5.41, 5.74) is 6.82. The van der Waals surface area contributed by atoms with Gasteiger partial charge in [-0.25, -0.2) is 0 Å². The Kier molecular flexibility index (Phi) is 12.2. The van der Waals surface area contributed by atoms with Crippen molar-refractivity contribution in [1.82, 2.24) is 9.97 Å². The molecule has 0 fully saturated rings. The second-order valence-electron chi connectivity index (χ2n) is 1.54. The summed E-state index contributed by atoms with van der Waals surface area (Å²) in [6.07, 6.45) is 4.42. The standard InChI is InChI=1S/C4H4N3.C2H6N.Y/c5-4-3-6-1-2-7-4;1-3-2;/h1-3H,(H-,5,7);1-2H3;/q2*-1;. The minimum absolute atomic E-state index is 0. The van der Waals surface area contributed by atoms with Crippen LogP contribution in [0.2, 0.25) is 0 Å². The first kappa shape index (κ1) is 13.5. The Morgan fingerprint density at radius 2 is 1.91 bits per heavy atom. The predicted octanol–water partition coefficient (Wildman–Crippen LogP) is 1.78. The Labute approximate surface area is 91.9 Å². The number of nitrogens with zero attached hydrogens (tertiary/aromatic N) is 3. The van der Waals surface area contributed by atoms with Crippen molar-refractivity contribution < 1.29 is 32.7 Å². The van der Waals surface area contributed by atoms with Gasteiger partial charge in [0.2, 0.25) is 0 Å². The van der Waals surface area contributed by atoms with Crippen LogP contribution in [0.5, 0.6) is 0 Å². The Balaban J connectivity index is 0. The fraction of sp³-hybridized carbons (Fsp3) is 0.333. The van der Waals surface area contributed by atoms with Gasteiger partial charge in [0.25, 0.3) is 0 Å². The molecule has 0 unspecified atom stereocenters. The minimum Gasteiger partial charge on any atom is -0.668 e.